The lowest BCUT2D eigenvalue weighted by Crippen LogP contribution is -2.34. The number of nitrogens with one attached hydrogen (secondary N) is 2. The Morgan fingerprint density at radius 3 is 2.19 bits per heavy atom. The highest BCUT2D eigenvalue weighted by Gasteiger charge is 2.09. The van der Waals surface area contributed by atoms with E-state index in [0.29, 0.717) is 16.9 Å². The van der Waals surface area contributed by atoms with Gasteiger partial charge in [0.05, 0.1) is 0 Å². The molecule has 1 unspecified atom stereocenters. The molecule has 0 heterocycles. The third-order valence-corrected chi connectivity index (χ3v) is 4.43. The Morgan fingerprint density at radius 1 is 1.00 bits per heavy atom. The Bertz CT molecular complexity index is 839. The summed E-state index contributed by atoms with van der Waals surface area (Å²) in [6.45, 7) is 2.08. The molecule has 0 aliphatic heterocycles. The van der Waals surface area contributed by atoms with Crippen LogP contribution in [0.15, 0.2) is 42.5 Å². The second-order valence-corrected chi connectivity index (χ2v) is 7.33. The first-order chi connectivity index (χ1) is 12.4. The molecule has 0 aliphatic carbocycles. The van der Waals surface area contributed by atoms with E-state index in [0.717, 1.165) is 5.56 Å². The average Bonchev–Trinajstić information content (AvgIpc) is 2.60. The number of aryl methyl sites for hydroxylation is 1. The normalized spacial score (nSPS) is 11.7. The molecular formula is C19H21FN2O3S. The third kappa shape index (κ3) is 5.77. The molecule has 2 amide bonds. The molecule has 138 valence electrons. The van der Waals surface area contributed by atoms with Gasteiger partial charge in [-0.05, 0) is 42.3 Å². The molecule has 2 N–H and O–H groups in total. The summed E-state index contributed by atoms with van der Waals surface area (Å²) in [4.78, 5) is 24.1. The molecule has 0 radical (unpaired) electrons. The van der Waals surface area contributed by atoms with Crippen LogP contribution < -0.4 is 10.6 Å². The van der Waals surface area contributed by atoms with E-state index < -0.39 is 22.5 Å². The molecule has 26 heavy (non-hydrogen) atoms. The van der Waals surface area contributed by atoms with Crippen molar-refractivity contribution in [2.75, 3.05) is 19.3 Å². The highest BCUT2D eigenvalue weighted by Crippen LogP contribution is 2.09. The van der Waals surface area contributed by atoms with Crippen molar-refractivity contribution in [1.29, 1.82) is 0 Å². The minimum atomic E-state index is -0.978. The van der Waals surface area contributed by atoms with Crippen molar-refractivity contribution in [3.63, 3.8) is 0 Å². The highest BCUT2D eigenvalue weighted by molar-refractivity contribution is 7.83. The molecule has 0 fully saturated rings. The summed E-state index contributed by atoms with van der Waals surface area (Å²) in [5.41, 5.74) is 2.01. The fourth-order valence-corrected chi connectivity index (χ4v) is 2.98. The molecular weight excluding hydrogens is 355 g/mol. The Hall–Kier alpha value is -2.54. The van der Waals surface area contributed by atoms with Crippen molar-refractivity contribution in [2.45, 2.75) is 12.7 Å². The number of rotatable bonds is 7. The third-order valence-electron chi connectivity index (χ3n) is 3.69. The monoisotopic (exact) mass is 376 g/mol. The van der Waals surface area contributed by atoms with Gasteiger partial charge in [-0.25, -0.2) is 4.39 Å². The molecule has 2 aromatic rings. The maximum atomic E-state index is 13.5. The van der Waals surface area contributed by atoms with Gasteiger partial charge in [-0.1, -0.05) is 18.2 Å². The Labute approximate surface area is 154 Å². The molecule has 1 atom stereocenters. The molecule has 0 aromatic heterocycles. The molecule has 0 saturated carbocycles. The Morgan fingerprint density at radius 2 is 1.62 bits per heavy atom. The standard InChI is InChI=1S/C19H21FN2O3S/c1-13-6-7-16(11-17(13)20)19(24)22-9-8-21-18(23)15-5-3-4-14(10-15)12-26(2)25/h3-7,10-11H,8-9,12H2,1-2H3,(H,21,23)(H,22,24). The van der Waals surface area contributed by atoms with Crippen molar-refractivity contribution in [3.8, 4) is 0 Å². The van der Waals surface area contributed by atoms with Gasteiger partial charge in [0.2, 0.25) is 0 Å². The number of benzene rings is 2. The van der Waals surface area contributed by atoms with Crippen molar-refractivity contribution in [2.24, 2.45) is 0 Å². The molecule has 5 nitrogen and oxygen atoms in total. The lowest BCUT2D eigenvalue weighted by atomic mass is 10.1. The highest BCUT2D eigenvalue weighted by atomic mass is 32.2. The molecule has 0 bridgehead atoms. The second kappa shape index (κ2) is 9.24. The summed E-state index contributed by atoms with van der Waals surface area (Å²) in [5, 5.41) is 5.33. The zero-order valence-corrected chi connectivity index (χ0v) is 15.5. The first kappa shape index (κ1) is 19.8. The van der Waals surface area contributed by atoms with Crippen LogP contribution in [0.2, 0.25) is 0 Å². The van der Waals surface area contributed by atoms with E-state index >= 15 is 0 Å². The average molecular weight is 376 g/mol. The van der Waals surface area contributed by atoms with Gasteiger partial charge in [0.25, 0.3) is 11.8 Å². The summed E-state index contributed by atoms with van der Waals surface area (Å²) in [5.74, 6) is -0.710. The maximum Gasteiger partial charge on any atom is 0.251 e. The van der Waals surface area contributed by atoms with Gasteiger partial charge in [0.15, 0.2) is 0 Å². The van der Waals surface area contributed by atoms with Crippen LogP contribution in [-0.2, 0) is 16.6 Å². The van der Waals surface area contributed by atoms with E-state index in [1.807, 2.05) is 6.07 Å². The number of hydrogen-bond acceptors (Lipinski definition) is 3. The van der Waals surface area contributed by atoms with Gasteiger partial charge >= 0.3 is 0 Å². The largest absolute Gasteiger partial charge is 0.350 e. The van der Waals surface area contributed by atoms with Crippen LogP contribution in [0, 0.1) is 12.7 Å². The van der Waals surface area contributed by atoms with Crippen molar-refractivity contribution in [1.82, 2.24) is 10.6 Å². The Kier molecular flexibility index (Phi) is 7.03. The number of amides is 2. The van der Waals surface area contributed by atoms with Gasteiger partial charge < -0.3 is 10.6 Å². The molecule has 0 saturated heterocycles. The van der Waals surface area contributed by atoms with Gasteiger partial charge in [-0.15, -0.1) is 0 Å². The van der Waals surface area contributed by atoms with Gasteiger partial charge in [0, 0.05) is 47.0 Å². The lowest BCUT2D eigenvalue weighted by Gasteiger charge is -2.08. The summed E-state index contributed by atoms with van der Waals surface area (Å²) in [7, 11) is -0.978. The quantitative estimate of drug-likeness (QED) is 0.728. The van der Waals surface area contributed by atoms with Crippen LogP contribution in [0.3, 0.4) is 0 Å². The van der Waals surface area contributed by atoms with Gasteiger partial charge in [0.1, 0.15) is 5.82 Å². The second-order valence-electron chi connectivity index (χ2n) is 5.89. The summed E-state index contributed by atoms with van der Waals surface area (Å²) >= 11 is 0. The molecule has 0 spiro atoms. The van der Waals surface area contributed by atoms with Crippen molar-refractivity contribution < 1.29 is 18.2 Å². The van der Waals surface area contributed by atoms with Crippen LogP contribution in [0.25, 0.3) is 0 Å². The zero-order valence-electron chi connectivity index (χ0n) is 14.7. The maximum absolute atomic E-state index is 13.5. The number of hydrogen-bond donors (Lipinski definition) is 2. The minimum Gasteiger partial charge on any atom is -0.350 e. The van der Waals surface area contributed by atoms with Crippen molar-refractivity contribution >= 4 is 22.6 Å². The van der Waals surface area contributed by atoms with E-state index in [1.54, 1.807) is 43.5 Å². The predicted molar refractivity (Wildman–Crippen MR) is 100 cm³/mol. The van der Waals surface area contributed by atoms with E-state index in [4.69, 9.17) is 0 Å². The van der Waals surface area contributed by atoms with Crippen LogP contribution in [0.4, 0.5) is 4.39 Å². The van der Waals surface area contributed by atoms with Gasteiger partial charge in [-0.3, -0.25) is 13.8 Å². The fraction of sp³-hybridized carbons (Fsp3) is 0.263. The molecule has 0 aliphatic rings. The van der Waals surface area contributed by atoms with Crippen LogP contribution in [-0.4, -0.2) is 35.4 Å². The summed E-state index contributed by atoms with van der Waals surface area (Å²) < 4.78 is 24.7. The minimum absolute atomic E-state index is 0.221. The van der Waals surface area contributed by atoms with Crippen LogP contribution in [0.1, 0.15) is 31.8 Å². The first-order valence-electron chi connectivity index (χ1n) is 8.08. The summed E-state index contributed by atoms with van der Waals surface area (Å²) in [6, 6.07) is 11.2. The molecule has 2 rings (SSSR count). The number of carbonyl (C=O) groups excluding carboxylic acids is 2. The predicted octanol–water partition coefficient (Wildman–Crippen LogP) is 2.17. The summed E-state index contributed by atoms with van der Waals surface area (Å²) in [6.07, 6.45) is 1.61. The van der Waals surface area contributed by atoms with E-state index in [2.05, 4.69) is 10.6 Å². The van der Waals surface area contributed by atoms with Crippen LogP contribution >= 0.6 is 0 Å². The molecule has 2 aromatic carbocycles. The molecule has 7 heteroatoms. The topological polar surface area (TPSA) is 75.3 Å². The lowest BCUT2D eigenvalue weighted by molar-refractivity contribution is 0.0927. The van der Waals surface area contributed by atoms with E-state index in [1.165, 1.54) is 6.07 Å². The SMILES string of the molecule is Cc1ccc(C(=O)NCCNC(=O)c2cccc(CS(C)=O)c2)cc1F. The van der Waals surface area contributed by atoms with Gasteiger partial charge in [-0.2, -0.15) is 0 Å². The van der Waals surface area contributed by atoms with Crippen LogP contribution in [0.5, 0.6) is 0 Å². The van der Waals surface area contributed by atoms with E-state index in [9.17, 15) is 18.2 Å². The van der Waals surface area contributed by atoms with E-state index in [-0.39, 0.29) is 24.6 Å². The van der Waals surface area contributed by atoms with Crippen molar-refractivity contribution in [3.05, 3.63) is 70.5 Å². The fourth-order valence-electron chi connectivity index (χ4n) is 2.33. The first-order valence-corrected chi connectivity index (χ1v) is 9.81. The smallest absolute Gasteiger partial charge is 0.251 e. The Balaban J connectivity index is 1.82. The number of halogens is 1. The number of carbonyl (C=O) groups is 2. The zero-order chi connectivity index (χ0) is 19.1.